The zero-order valence-corrected chi connectivity index (χ0v) is 19.6. The predicted molar refractivity (Wildman–Crippen MR) is 121 cm³/mol. The van der Waals surface area contributed by atoms with E-state index in [1.807, 2.05) is 13.0 Å². The number of rotatable bonds is 5. The van der Waals surface area contributed by atoms with Crippen LogP contribution in [0.2, 0.25) is 0 Å². The molecule has 0 bridgehead atoms. The highest BCUT2D eigenvalue weighted by atomic mass is 32.2. The fraction of sp³-hybridized carbons (Fsp3) is 0.435. The first kappa shape index (κ1) is 22.4. The van der Waals surface area contributed by atoms with E-state index in [4.69, 9.17) is 4.52 Å². The van der Waals surface area contributed by atoms with Crippen LogP contribution in [0.15, 0.2) is 44.5 Å². The lowest BCUT2D eigenvalue weighted by Gasteiger charge is -2.34. The SMILES string of the molecule is CC[C@@H]1CCCCN1S(=O)(=O)c1cc(-c2ccc(=O)n(-c3c(C)noc3C)n2)ccc1C. The Morgan fingerprint density at radius 3 is 2.59 bits per heavy atom. The number of hydrogen-bond donors (Lipinski definition) is 0. The highest BCUT2D eigenvalue weighted by Crippen LogP contribution is 2.31. The average molecular weight is 457 g/mol. The molecule has 0 N–H and O–H groups in total. The van der Waals surface area contributed by atoms with Gasteiger partial charge in [0.2, 0.25) is 10.0 Å². The Balaban J connectivity index is 1.80. The third kappa shape index (κ3) is 3.91. The number of nitrogens with zero attached hydrogens (tertiary/aromatic N) is 4. The Bertz CT molecular complexity index is 1290. The summed E-state index contributed by atoms with van der Waals surface area (Å²) in [5.74, 6) is 0.483. The Morgan fingerprint density at radius 1 is 1.12 bits per heavy atom. The molecule has 1 aliphatic heterocycles. The smallest absolute Gasteiger partial charge is 0.271 e. The summed E-state index contributed by atoms with van der Waals surface area (Å²) < 4.78 is 35.3. The van der Waals surface area contributed by atoms with E-state index in [9.17, 15) is 13.2 Å². The fourth-order valence-electron chi connectivity index (χ4n) is 4.37. The number of sulfonamides is 1. The van der Waals surface area contributed by atoms with Crippen LogP contribution in [-0.4, -0.2) is 40.2 Å². The lowest BCUT2D eigenvalue weighted by atomic mass is 10.0. The molecule has 1 fully saturated rings. The van der Waals surface area contributed by atoms with E-state index in [1.165, 1.54) is 10.7 Å². The second-order valence-electron chi connectivity index (χ2n) is 8.30. The van der Waals surface area contributed by atoms with E-state index in [2.05, 4.69) is 10.3 Å². The zero-order chi connectivity index (χ0) is 23.0. The van der Waals surface area contributed by atoms with Gasteiger partial charge in [-0.2, -0.15) is 14.1 Å². The summed E-state index contributed by atoms with van der Waals surface area (Å²) in [5.41, 5.74) is 2.54. The van der Waals surface area contributed by atoms with Gasteiger partial charge in [-0.05, 0) is 57.7 Å². The van der Waals surface area contributed by atoms with Gasteiger partial charge in [0.25, 0.3) is 5.56 Å². The molecule has 4 rings (SSSR count). The van der Waals surface area contributed by atoms with Crippen LogP contribution in [0.5, 0.6) is 0 Å². The number of aryl methyl sites for hydroxylation is 3. The fourth-order valence-corrected chi connectivity index (χ4v) is 6.39. The van der Waals surface area contributed by atoms with Gasteiger partial charge < -0.3 is 4.52 Å². The van der Waals surface area contributed by atoms with Gasteiger partial charge in [-0.25, -0.2) is 8.42 Å². The Morgan fingerprint density at radius 2 is 1.91 bits per heavy atom. The van der Waals surface area contributed by atoms with Gasteiger partial charge in [-0.15, -0.1) is 0 Å². The van der Waals surface area contributed by atoms with Crippen LogP contribution in [0.4, 0.5) is 0 Å². The lowest BCUT2D eigenvalue weighted by Crippen LogP contribution is -2.43. The van der Waals surface area contributed by atoms with E-state index in [0.29, 0.717) is 40.5 Å². The molecule has 1 saturated heterocycles. The van der Waals surface area contributed by atoms with Crippen LogP contribution in [0.3, 0.4) is 0 Å². The molecule has 9 heteroatoms. The van der Waals surface area contributed by atoms with Crippen LogP contribution in [0, 0.1) is 20.8 Å². The summed E-state index contributed by atoms with van der Waals surface area (Å²) in [4.78, 5) is 12.8. The van der Waals surface area contributed by atoms with Crippen LogP contribution >= 0.6 is 0 Å². The molecule has 1 aliphatic rings. The van der Waals surface area contributed by atoms with Crippen molar-refractivity contribution in [2.24, 2.45) is 0 Å². The quantitative estimate of drug-likeness (QED) is 0.580. The van der Waals surface area contributed by atoms with Crippen LogP contribution in [0.1, 0.15) is 49.6 Å². The van der Waals surface area contributed by atoms with Gasteiger partial charge in [0.1, 0.15) is 11.4 Å². The minimum atomic E-state index is -3.65. The lowest BCUT2D eigenvalue weighted by molar-refractivity contribution is 0.246. The van der Waals surface area contributed by atoms with E-state index in [0.717, 1.165) is 25.7 Å². The molecule has 0 amide bonds. The van der Waals surface area contributed by atoms with Crippen LogP contribution in [0.25, 0.3) is 16.9 Å². The van der Waals surface area contributed by atoms with Crippen molar-refractivity contribution in [3.63, 3.8) is 0 Å². The molecule has 3 heterocycles. The van der Waals surface area contributed by atoms with Crippen molar-refractivity contribution in [3.8, 4) is 16.9 Å². The van der Waals surface area contributed by atoms with Crippen molar-refractivity contribution < 1.29 is 12.9 Å². The molecule has 8 nitrogen and oxygen atoms in total. The maximum atomic E-state index is 13.6. The van der Waals surface area contributed by atoms with Gasteiger partial charge in [0, 0.05) is 24.2 Å². The molecule has 3 aromatic rings. The van der Waals surface area contributed by atoms with Gasteiger partial charge >= 0.3 is 0 Å². The normalized spacial score (nSPS) is 17.6. The molecule has 2 aromatic heterocycles. The number of hydrogen-bond acceptors (Lipinski definition) is 6. The summed E-state index contributed by atoms with van der Waals surface area (Å²) in [5, 5.41) is 8.40. The summed E-state index contributed by atoms with van der Waals surface area (Å²) in [6.07, 6.45) is 3.61. The van der Waals surface area contributed by atoms with E-state index in [1.54, 1.807) is 43.3 Å². The molecule has 1 aromatic carbocycles. The van der Waals surface area contributed by atoms with E-state index in [-0.39, 0.29) is 16.5 Å². The maximum Gasteiger partial charge on any atom is 0.271 e. The second kappa shape index (κ2) is 8.63. The van der Waals surface area contributed by atoms with Crippen molar-refractivity contribution >= 4 is 10.0 Å². The third-order valence-electron chi connectivity index (χ3n) is 6.12. The predicted octanol–water partition coefficient (Wildman–Crippen LogP) is 3.77. The Kier molecular flexibility index (Phi) is 6.05. The summed E-state index contributed by atoms with van der Waals surface area (Å²) in [6, 6.07) is 8.33. The first-order valence-corrected chi connectivity index (χ1v) is 12.3. The van der Waals surface area contributed by atoms with Gasteiger partial charge in [-0.3, -0.25) is 4.79 Å². The molecule has 0 radical (unpaired) electrons. The first-order chi connectivity index (χ1) is 15.2. The largest absolute Gasteiger partial charge is 0.359 e. The highest BCUT2D eigenvalue weighted by molar-refractivity contribution is 7.89. The number of benzene rings is 1. The van der Waals surface area contributed by atoms with Crippen molar-refractivity contribution in [1.82, 2.24) is 19.2 Å². The maximum absolute atomic E-state index is 13.6. The van der Waals surface area contributed by atoms with Gasteiger partial charge in [0.05, 0.1) is 10.6 Å². The Labute approximate surface area is 187 Å². The molecule has 0 aliphatic carbocycles. The van der Waals surface area contributed by atoms with Crippen molar-refractivity contribution in [2.75, 3.05) is 6.54 Å². The monoisotopic (exact) mass is 456 g/mol. The minimum absolute atomic E-state index is 0.0244. The molecular weight excluding hydrogens is 428 g/mol. The zero-order valence-electron chi connectivity index (χ0n) is 18.8. The van der Waals surface area contributed by atoms with Gasteiger partial charge in [0.15, 0.2) is 5.76 Å². The molecule has 0 spiro atoms. The molecule has 32 heavy (non-hydrogen) atoms. The minimum Gasteiger partial charge on any atom is -0.359 e. The summed E-state index contributed by atoms with van der Waals surface area (Å²) in [6.45, 7) is 7.84. The molecular formula is C23H28N4O4S. The average Bonchev–Trinajstić information content (AvgIpc) is 3.12. The van der Waals surface area contributed by atoms with Crippen LogP contribution < -0.4 is 5.56 Å². The third-order valence-corrected chi connectivity index (χ3v) is 8.22. The topological polar surface area (TPSA) is 98.3 Å². The van der Waals surface area contributed by atoms with Crippen LogP contribution in [-0.2, 0) is 10.0 Å². The Hall–Kier alpha value is -2.78. The summed E-state index contributed by atoms with van der Waals surface area (Å²) >= 11 is 0. The van der Waals surface area contributed by atoms with Crippen molar-refractivity contribution in [3.05, 3.63) is 57.7 Å². The van der Waals surface area contributed by atoms with Crippen molar-refractivity contribution in [1.29, 1.82) is 0 Å². The van der Waals surface area contributed by atoms with Crippen molar-refractivity contribution in [2.45, 2.75) is 64.3 Å². The first-order valence-electron chi connectivity index (χ1n) is 10.9. The number of aromatic nitrogens is 3. The standard InChI is InChI=1S/C23H28N4O4S/c1-5-19-8-6-7-13-26(19)32(29,30)21-14-18(10-9-15(21)2)20-11-12-22(28)27(24-20)23-16(3)25-31-17(23)4/h9-12,14,19H,5-8,13H2,1-4H3/t19-/m1/s1. The van der Waals surface area contributed by atoms with Gasteiger partial charge in [-0.1, -0.05) is 30.6 Å². The summed E-state index contributed by atoms with van der Waals surface area (Å²) in [7, 11) is -3.65. The number of piperidine rings is 1. The molecule has 0 saturated carbocycles. The van der Waals surface area contributed by atoms with E-state index < -0.39 is 10.0 Å². The molecule has 1 atom stereocenters. The van der Waals surface area contributed by atoms with E-state index >= 15 is 0 Å². The molecule has 0 unspecified atom stereocenters. The highest BCUT2D eigenvalue weighted by Gasteiger charge is 2.33. The second-order valence-corrected chi connectivity index (χ2v) is 10.2. The molecule has 170 valence electrons.